The monoisotopic (exact) mass is 255 g/mol. The first kappa shape index (κ1) is 14.2. The van der Waals surface area contributed by atoms with E-state index in [4.69, 9.17) is 9.90 Å². The zero-order valence-electron chi connectivity index (χ0n) is 9.42. The molecule has 7 heteroatoms. The Morgan fingerprint density at radius 3 is 2.29 bits per heavy atom. The number of aliphatic carboxylic acids is 1. The Kier molecular flexibility index (Phi) is 4.03. The van der Waals surface area contributed by atoms with Crippen molar-refractivity contribution >= 4 is 5.97 Å². The fraction of sp³-hybridized carbons (Fsp3) is 0.900. The van der Waals surface area contributed by atoms with Crippen molar-refractivity contribution in [3.8, 4) is 0 Å². The highest BCUT2D eigenvalue weighted by atomic mass is 19.4. The number of nitrogens with one attached hydrogen (secondary N) is 1. The van der Waals surface area contributed by atoms with E-state index in [0.717, 1.165) is 19.3 Å². The fourth-order valence-corrected chi connectivity index (χ4v) is 2.18. The molecule has 2 aliphatic heterocycles. The summed E-state index contributed by atoms with van der Waals surface area (Å²) in [5, 5.41) is 20.4. The molecule has 3 N–H and O–H groups in total. The third-order valence-corrected chi connectivity index (χ3v) is 3.23. The average Bonchev–Trinajstić information content (AvgIpc) is 2.58. The van der Waals surface area contributed by atoms with Gasteiger partial charge in [0.25, 0.3) is 0 Å². The van der Waals surface area contributed by atoms with Gasteiger partial charge in [-0.05, 0) is 32.6 Å². The molecule has 100 valence electrons. The highest BCUT2D eigenvalue weighted by Gasteiger charge is 2.41. The Morgan fingerprint density at radius 1 is 1.35 bits per heavy atom. The van der Waals surface area contributed by atoms with Gasteiger partial charge >= 0.3 is 12.1 Å². The van der Waals surface area contributed by atoms with Crippen LogP contribution in [0.4, 0.5) is 13.2 Å². The van der Waals surface area contributed by atoms with Crippen LogP contribution in [-0.2, 0) is 4.79 Å². The summed E-state index contributed by atoms with van der Waals surface area (Å²) >= 11 is 0. The lowest BCUT2D eigenvalue weighted by Gasteiger charge is -2.35. The Labute approximate surface area is 96.8 Å². The predicted molar refractivity (Wildman–Crippen MR) is 53.5 cm³/mol. The minimum absolute atomic E-state index is 0.381. The summed E-state index contributed by atoms with van der Waals surface area (Å²) in [6.45, 7) is 1.95. The smallest absolute Gasteiger partial charge is 0.475 e. The van der Waals surface area contributed by atoms with Crippen LogP contribution in [0.25, 0.3) is 0 Å². The Hall–Kier alpha value is -0.820. The van der Waals surface area contributed by atoms with E-state index in [-0.39, 0.29) is 0 Å². The molecule has 0 saturated carbocycles. The van der Waals surface area contributed by atoms with Gasteiger partial charge in [-0.3, -0.25) is 0 Å². The Morgan fingerprint density at radius 2 is 1.88 bits per heavy atom. The Bertz CT molecular complexity index is 291. The van der Waals surface area contributed by atoms with Crippen LogP contribution < -0.4 is 5.32 Å². The summed E-state index contributed by atoms with van der Waals surface area (Å²) in [6, 6.07) is 1.09. The number of rotatable bonds is 0. The van der Waals surface area contributed by atoms with Crippen LogP contribution in [0.2, 0.25) is 0 Å². The Balaban J connectivity index is 0.000000185. The summed E-state index contributed by atoms with van der Waals surface area (Å²) in [4.78, 5) is 8.90. The molecule has 2 saturated heterocycles. The van der Waals surface area contributed by atoms with E-state index in [1.165, 1.54) is 6.42 Å². The number of hydrogen-bond acceptors (Lipinski definition) is 3. The van der Waals surface area contributed by atoms with Gasteiger partial charge in [0.2, 0.25) is 0 Å². The number of hydrogen-bond donors (Lipinski definition) is 3. The first-order valence-electron chi connectivity index (χ1n) is 5.41. The number of carbonyl (C=O) groups is 1. The van der Waals surface area contributed by atoms with Gasteiger partial charge in [0.05, 0.1) is 5.60 Å². The third-order valence-electron chi connectivity index (χ3n) is 3.23. The van der Waals surface area contributed by atoms with Crippen molar-refractivity contribution in [1.82, 2.24) is 5.32 Å². The third kappa shape index (κ3) is 3.85. The number of piperidine rings is 1. The topological polar surface area (TPSA) is 69.6 Å². The summed E-state index contributed by atoms with van der Waals surface area (Å²) in [7, 11) is 0. The summed E-state index contributed by atoms with van der Waals surface area (Å²) in [5.41, 5.74) is -0.424. The molecule has 2 heterocycles. The molecule has 3 atom stereocenters. The van der Waals surface area contributed by atoms with Crippen molar-refractivity contribution in [2.24, 2.45) is 0 Å². The summed E-state index contributed by atoms with van der Waals surface area (Å²) < 4.78 is 31.7. The van der Waals surface area contributed by atoms with Gasteiger partial charge in [0.15, 0.2) is 0 Å². The van der Waals surface area contributed by atoms with Gasteiger partial charge in [-0.1, -0.05) is 0 Å². The number of alkyl halides is 3. The van der Waals surface area contributed by atoms with Crippen molar-refractivity contribution < 1.29 is 28.2 Å². The summed E-state index contributed by atoms with van der Waals surface area (Å²) in [5.74, 6) is -2.76. The van der Waals surface area contributed by atoms with Crippen LogP contribution in [0.5, 0.6) is 0 Å². The van der Waals surface area contributed by atoms with Crippen LogP contribution >= 0.6 is 0 Å². The highest BCUT2D eigenvalue weighted by molar-refractivity contribution is 5.73. The first-order valence-corrected chi connectivity index (χ1v) is 5.41. The number of carboxylic acid groups (broad SMARTS) is 1. The molecule has 0 radical (unpaired) electrons. The van der Waals surface area contributed by atoms with Gasteiger partial charge in [0, 0.05) is 12.1 Å². The zero-order valence-corrected chi connectivity index (χ0v) is 9.42. The van der Waals surface area contributed by atoms with Crippen molar-refractivity contribution in [3.05, 3.63) is 0 Å². The lowest BCUT2D eigenvalue weighted by molar-refractivity contribution is -0.192. The number of fused-ring (bicyclic) bond motifs is 2. The minimum atomic E-state index is -5.08. The molecule has 2 fully saturated rings. The molecule has 0 aromatic carbocycles. The average molecular weight is 255 g/mol. The second kappa shape index (κ2) is 4.81. The second-order valence-corrected chi connectivity index (χ2v) is 4.69. The quantitative estimate of drug-likeness (QED) is 0.610. The fourth-order valence-electron chi connectivity index (χ4n) is 2.18. The van der Waals surface area contributed by atoms with Crippen molar-refractivity contribution in [2.45, 2.75) is 56.5 Å². The number of carboxylic acids is 1. The van der Waals surface area contributed by atoms with E-state index in [9.17, 15) is 18.3 Å². The van der Waals surface area contributed by atoms with E-state index in [0.29, 0.717) is 12.1 Å². The molecule has 0 aromatic rings. The molecule has 2 rings (SSSR count). The predicted octanol–water partition coefficient (Wildman–Crippen LogP) is 1.29. The molecule has 0 aromatic heterocycles. The van der Waals surface area contributed by atoms with E-state index in [1.54, 1.807) is 0 Å². The zero-order chi connectivity index (χ0) is 13.3. The lowest BCUT2D eigenvalue weighted by Crippen LogP contribution is -2.51. The van der Waals surface area contributed by atoms with Crippen LogP contribution in [0, 0.1) is 0 Å². The number of aliphatic hydroxyl groups is 1. The van der Waals surface area contributed by atoms with E-state index in [2.05, 4.69) is 5.32 Å². The second-order valence-electron chi connectivity index (χ2n) is 4.69. The van der Waals surface area contributed by atoms with Crippen LogP contribution in [0.3, 0.4) is 0 Å². The van der Waals surface area contributed by atoms with Gasteiger partial charge < -0.3 is 15.5 Å². The molecule has 0 amide bonds. The first-order chi connectivity index (χ1) is 7.63. The lowest BCUT2D eigenvalue weighted by atomic mass is 9.89. The molecule has 17 heavy (non-hydrogen) atoms. The maximum absolute atomic E-state index is 10.6. The van der Waals surface area contributed by atoms with E-state index >= 15 is 0 Å². The molecule has 2 bridgehead atoms. The van der Waals surface area contributed by atoms with E-state index in [1.807, 2.05) is 6.92 Å². The molecule has 4 nitrogen and oxygen atoms in total. The molecule has 2 aliphatic rings. The molecular weight excluding hydrogens is 239 g/mol. The van der Waals surface area contributed by atoms with Gasteiger partial charge in [-0.25, -0.2) is 4.79 Å². The summed E-state index contributed by atoms with van der Waals surface area (Å²) in [6.07, 6.45) is -0.517. The number of halogens is 3. The maximum atomic E-state index is 10.6. The minimum Gasteiger partial charge on any atom is -0.475 e. The molecule has 1 unspecified atom stereocenters. The van der Waals surface area contributed by atoms with Crippen molar-refractivity contribution in [1.29, 1.82) is 0 Å². The van der Waals surface area contributed by atoms with Crippen LogP contribution in [0.15, 0.2) is 0 Å². The molecule has 0 aliphatic carbocycles. The van der Waals surface area contributed by atoms with Crippen molar-refractivity contribution in [2.75, 3.05) is 0 Å². The maximum Gasteiger partial charge on any atom is 0.490 e. The molecular formula is C10H16F3NO3. The van der Waals surface area contributed by atoms with E-state index < -0.39 is 17.7 Å². The molecule has 0 spiro atoms. The van der Waals surface area contributed by atoms with Gasteiger partial charge in [-0.2, -0.15) is 13.2 Å². The van der Waals surface area contributed by atoms with Crippen molar-refractivity contribution in [3.63, 3.8) is 0 Å². The SMILES string of the molecule is CC1(O)CC[C@H]2CC[C@@H]1N2.O=C(O)C(F)(F)F. The van der Waals surface area contributed by atoms with Gasteiger partial charge in [0.1, 0.15) is 0 Å². The van der Waals surface area contributed by atoms with Crippen LogP contribution in [0.1, 0.15) is 32.6 Å². The normalized spacial score (nSPS) is 36.1. The van der Waals surface area contributed by atoms with Gasteiger partial charge in [-0.15, -0.1) is 0 Å². The largest absolute Gasteiger partial charge is 0.490 e. The highest BCUT2D eigenvalue weighted by Crippen LogP contribution is 2.33. The van der Waals surface area contributed by atoms with Crippen LogP contribution in [-0.4, -0.2) is 40.0 Å². The standard InChI is InChI=1S/C8H15NO.C2HF3O2/c1-8(10)5-4-6-2-3-7(8)9-6;3-2(4,5)1(6)7/h6-7,9-10H,2-5H2,1H3;(H,6,7)/t6-,7+,8?;/m1./s1.